The lowest BCUT2D eigenvalue weighted by molar-refractivity contribution is -0.192. The maximum absolute atomic E-state index is 12.2. The molecule has 2 aromatic heterocycles. The number of nitrogens with two attached hydrogens (primary N) is 1. The Morgan fingerprint density at radius 1 is 1.22 bits per heavy atom. The van der Waals surface area contributed by atoms with Gasteiger partial charge in [-0.2, -0.15) is 13.2 Å². The Bertz CT molecular complexity index is 1270. The van der Waals surface area contributed by atoms with Gasteiger partial charge >= 0.3 is 12.1 Å². The number of likely N-dealkylation sites (tertiary alicyclic amines) is 1. The van der Waals surface area contributed by atoms with Gasteiger partial charge in [-0.25, -0.2) is 9.78 Å². The first kappa shape index (κ1) is 28.5. The molecule has 2 amide bonds. The first-order valence-electron chi connectivity index (χ1n) is 10.7. The van der Waals surface area contributed by atoms with Crippen LogP contribution in [0.2, 0.25) is 0 Å². The molecule has 4 rings (SSSR count). The molecule has 0 bridgehead atoms. The van der Waals surface area contributed by atoms with Gasteiger partial charge in [-0.05, 0) is 37.3 Å². The van der Waals surface area contributed by atoms with E-state index in [1.54, 1.807) is 11.8 Å². The Morgan fingerprint density at radius 3 is 2.49 bits per heavy atom. The lowest BCUT2D eigenvalue weighted by atomic mass is 10.1. The fraction of sp³-hybridized carbons (Fsp3) is 0.304. The summed E-state index contributed by atoms with van der Waals surface area (Å²) in [5.41, 5.74) is 8.11. The van der Waals surface area contributed by atoms with Crippen LogP contribution >= 0.6 is 34.4 Å². The molecule has 37 heavy (non-hydrogen) atoms. The van der Waals surface area contributed by atoms with Crippen molar-refractivity contribution in [3.05, 3.63) is 40.6 Å². The Labute approximate surface area is 222 Å². The number of carbonyl (C=O) groups is 3. The smallest absolute Gasteiger partial charge is 0.484 e. The number of alkyl halides is 3. The van der Waals surface area contributed by atoms with Gasteiger partial charge in [-0.15, -0.1) is 34.4 Å². The normalized spacial score (nSPS) is 13.1. The number of hydrogen-bond acceptors (Lipinski definition) is 8. The third kappa shape index (κ3) is 7.69. The third-order valence-electron chi connectivity index (χ3n) is 5.05. The van der Waals surface area contributed by atoms with Crippen LogP contribution in [0.25, 0.3) is 21.8 Å². The molecule has 0 saturated carbocycles. The number of benzene rings is 1. The molecule has 1 saturated heterocycles. The van der Waals surface area contributed by atoms with Crippen molar-refractivity contribution < 1.29 is 37.4 Å². The van der Waals surface area contributed by atoms with Gasteiger partial charge in [0.15, 0.2) is 6.61 Å². The summed E-state index contributed by atoms with van der Waals surface area (Å²) in [4.78, 5) is 39.8. The summed E-state index contributed by atoms with van der Waals surface area (Å²) >= 11 is 4.49. The van der Waals surface area contributed by atoms with Crippen molar-refractivity contribution in [1.82, 2.24) is 9.88 Å². The van der Waals surface area contributed by atoms with Crippen molar-refractivity contribution in [1.29, 1.82) is 0 Å². The van der Waals surface area contributed by atoms with E-state index in [0.29, 0.717) is 10.6 Å². The maximum Gasteiger partial charge on any atom is 0.490 e. The van der Waals surface area contributed by atoms with Gasteiger partial charge in [0.2, 0.25) is 0 Å². The van der Waals surface area contributed by atoms with Gasteiger partial charge in [0, 0.05) is 29.6 Å². The number of rotatable bonds is 7. The van der Waals surface area contributed by atoms with E-state index in [2.05, 4.69) is 0 Å². The summed E-state index contributed by atoms with van der Waals surface area (Å²) in [6.45, 7) is 1.69. The summed E-state index contributed by atoms with van der Waals surface area (Å²) in [5.74, 6) is -2.51. The number of carboxylic acids is 1. The van der Waals surface area contributed by atoms with E-state index in [9.17, 15) is 22.8 Å². The van der Waals surface area contributed by atoms with Crippen LogP contribution in [0.1, 0.15) is 22.5 Å². The standard InChI is InChI=1S/C21H21N3O3S3.C2HF3O2/c1-28-21-15(10-17(30-21)19(22)26)20-23-16(12-29-20)13-5-4-6-14(9-13)27-11-18(25)24-7-2-3-8-24;3-2(4,5)1(6)7/h4-6,9-10,12H,2-3,7-8,11H2,1H3,(H2,22,26);(H,6,7). The number of hydrogen-bond donors (Lipinski definition) is 2. The number of thiophene rings is 1. The number of amides is 2. The van der Waals surface area contributed by atoms with Gasteiger partial charge in [-0.1, -0.05) is 12.1 Å². The molecule has 0 atom stereocenters. The largest absolute Gasteiger partial charge is 0.490 e. The molecule has 8 nitrogen and oxygen atoms in total. The molecule has 1 fully saturated rings. The van der Waals surface area contributed by atoms with Gasteiger partial charge in [0.25, 0.3) is 11.8 Å². The third-order valence-corrected chi connectivity index (χ3v) is 8.21. The quantitative estimate of drug-likeness (QED) is 0.382. The monoisotopic (exact) mass is 573 g/mol. The minimum Gasteiger partial charge on any atom is -0.484 e. The molecule has 1 aliphatic rings. The minimum atomic E-state index is -5.08. The number of carbonyl (C=O) groups excluding carboxylic acids is 2. The Kier molecular flexibility index (Phi) is 9.56. The number of nitrogens with zero attached hydrogens (tertiary/aromatic N) is 2. The Hall–Kier alpha value is -3.10. The number of thioether (sulfide) groups is 1. The van der Waals surface area contributed by atoms with Crippen molar-refractivity contribution in [2.24, 2.45) is 5.73 Å². The van der Waals surface area contributed by atoms with Crippen LogP contribution < -0.4 is 10.5 Å². The van der Waals surface area contributed by atoms with Crippen LogP contribution in [-0.4, -0.2) is 64.9 Å². The number of primary amides is 1. The molecule has 0 radical (unpaired) electrons. The second-order valence-electron chi connectivity index (χ2n) is 7.63. The lowest BCUT2D eigenvalue weighted by Crippen LogP contribution is -2.32. The van der Waals surface area contributed by atoms with E-state index in [-0.39, 0.29) is 12.5 Å². The van der Waals surface area contributed by atoms with Gasteiger partial charge in [-0.3, -0.25) is 9.59 Å². The molecular formula is C23H22F3N3O5S3. The average Bonchev–Trinajstić information content (AvgIpc) is 3.62. The highest BCUT2D eigenvalue weighted by Crippen LogP contribution is 2.40. The lowest BCUT2D eigenvalue weighted by Gasteiger charge is -2.15. The van der Waals surface area contributed by atoms with Crippen molar-refractivity contribution in [2.75, 3.05) is 26.0 Å². The van der Waals surface area contributed by atoms with E-state index >= 15 is 0 Å². The van der Waals surface area contributed by atoms with Crippen molar-refractivity contribution in [3.8, 4) is 27.6 Å². The number of ether oxygens (including phenoxy) is 1. The minimum absolute atomic E-state index is 0.0288. The number of thiazole rings is 1. The molecule has 3 aromatic rings. The zero-order valence-electron chi connectivity index (χ0n) is 19.4. The Morgan fingerprint density at radius 2 is 1.89 bits per heavy atom. The molecule has 0 unspecified atom stereocenters. The highest BCUT2D eigenvalue weighted by atomic mass is 32.2. The number of aromatic nitrogens is 1. The van der Waals surface area contributed by atoms with Crippen LogP contribution in [0, 0.1) is 0 Å². The van der Waals surface area contributed by atoms with E-state index in [1.165, 1.54) is 22.7 Å². The van der Waals surface area contributed by atoms with E-state index in [1.807, 2.05) is 46.9 Å². The van der Waals surface area contributed by atoms with Crippen LogP contribution in [-0.2, 0) is 9.59 Å². The first-order chi connectivity index (χ1) is 17.5. The van der Waals surface area contributed by atoms with Crippen LogP contribution in [0.3, 0.4) is 0 Å². The summed E-state index contributed by atoms with van der Waals surface area (Å²) in [6, 6.07) is 9.41. The maximum atomic E-state index is 12.2. The molecule has 0 aliphatic carbocycles. The topological polar surface area (TPSA) is 123 Å². The van der Waals surface area contributed by atoms with E-state index in [0.717, 1.165) is 52.0 Å². The molecule has 3 N–H and O–H groups in total. The van der Waals surface area contributed by atoms with Gasteiger partial charge in [0.1, 0.15) is 10.8 Å². The summed E-state index contributed by atoms with van der Waals surface area (Å²) in [5, 5.41) is 9.95. The summed E-state index contributed by atoms with van der Waals surface area (Å²) in [6.07, 6.45) is -0.980. The highest BCUT2D eigenvalue weighted by Gasteiger charge is 2.38. The molecule has 14 heteroatoms. The van der Waals surface area contributed by atoms with Crippen LogP contribution in [0.15, 0.2) is 39.9 Å². The number of halogens is 3. The fourth-order valence-corrected chi connectivity index (χ4v) is 5.98. The molecule has 1 aliphatic heterocycles. The molecular weight excluding hydrogens is 551 g/mol. The second kappa shape index (κ2) is 12.4. The predicted molar refractivity (Wildman–Crippen MR) is 136 cm³/mol. The average molecular weight is 574 g/mol. The van der Waals surface area contributed by atoms with E-state index < -0.39 is 18.1 Å². The van der Waals surface area contributed by atoms with E-state index in [4.69, 9.17) is 25.4 Å². The number of aliphatic carboxylic acids is 1. The second-order valence-corrected chi connectivity index (χ2v) is 10.6. The zero-order chi connectivity index (χ0) is 27.2. The highest BCUT2D eigenvalue weighted by molar-refractivity contribution is 8.00. The van der Waals surface area contributed by atoms with Crippen molar-refractivity contribution >= 4 is 52.2 Å². The first-order valence-corrected chi connectivity index (χ1v) is 13.7. The fourth-order valence-electron chi connectivity index (χ4n) is 3.27. The van der Waals surface area contributed by atoms with Gasteiger partial charge in [0.05, 0.1) is 14.8 Å². The Balaban J connectivity index is 0.000000479. The molecule has 0 spiro atoms. The van der Waals surface area contributed by atoms with Gasteiger partial charge < -0.3 is 20.5 Å². The van der Waals surface area contributed by atoms with Crippen LogP contribution in [0.4, 0.5) is 13.2 Å². The van der Waals surface area contributed by atoms with Crippen molar-refractivity contribution in [2.45, 2.75) is 23.2 Å². The summed E-state index contributed by atoms with van der Waals surface area (Å²) in [7, 11) is 0. The van der Waals surface area contributed by atoms with Crippen molar-refractivity contribution in [3.63, 3.8) is 0 Å². The summed E-state index contributed by atoms with van der Waals surface area (Å²) < 4.78 is 38.5. The molecule has 1 aromatic carbocycles. The predicted octanol–water partition coefficient (Wildman–Crippen LogP) is 4.99. The van der Waals surface area contributed by atoms with Crippen LogP contribution in [0.5, 0.6) is 5.75 Å². The zero-order valence-corrected chi connectivity index (χ0v) is 21.9. The molecule has 3 heterocycles. The molecule has 198 valence electrons. The number of carboxylic acid groups (broad SMARTS) is 1. The SMILES string of the molecule is CSc1sc(C(N)=O)cc1-c1nc(-c2cccc(OCC(=O)N3CCCC3)c2)cs1.O=C(O)C(F)(F)F.